The van der Waals surface area contributed by atoms with E-state index in [9.17, 15) is 0 Å². The van der Waals surface area contributed by atoms with Gasteiger partial charge in [0.2, 0.25) is 5.95 Å². The van der Waals surface area contributed by atoms with Gasteiger partial charge in [0.15, 0.2) is 5.65 Å². The van der Waals surface area contributed by atoms with E-state index in [1.54, 1.807) is 18.6 Å². The molecule has 28 heavy (non-hydrogen) atoms. The molecule has 3 N–H and O–H groups in total. The second kappa shape index (κ2) is 7.35. The number of imidazole rings is 1. The highest BCUT2D eigenvalue weighted by molar-refractivity contribution is 5.62. The summed E-state index contributed by atoms with van der Waals surface area (Å²) in [5, 5.41) is 8.40. The van der Waals surface area contributed by atoms with Crippen molar-refractivity contribution in [1.82, 2.24) is 29.5 Å². The van der Waals surface area contributed by atoms with Gasteiger partial charge in [0, 0.05) is 30.0 Å². The number of anilines is 2. The van der Waals surface area contributed by atoms with E-state index in [4.69, 9.17) is 10.8 Å². The normalized spacial score (nSPS) is 23.3. The number of nitrogens with zero attached hydrogens (tertiary/aromatic N) is 6. The molecule has 4 heterocycles. The van der Waals surface area contributed by atoms with E-state index >= 15 is 0 Å². The molecule has 5 rings (SSSR count). The highest BCUT2D eigenvalue weighted by atomic mass is 15.3. The summed E-state index contributed by atoms with van der Waals surface area (Å²) in [7, 11) is 0. The minimum atomic E-state index is 0.261. The predicted octanol–water partition coefficient (Wildman–Crippen LogP) is 2.59. The van der Waals surface area contributed by atoms with Gasteiger partial charge < -0.3 is 16.0 Å². The van der Waals surface area contributed by atoms with Crippen molar-refractivity contribution in [3.63, 3.8) is 0 Å². The van der Waals surface area contributed by atoms with Crippen LogP contribution < -0.4 is 11.1 Å². The molecule has 8 heteroatoms. The van der Waals surface area contributed by atoms with E-state index in [0.29, 0.717) is 6.04 Å². The Labute approximate surface area is 164 Å². The summed E-state index contributed by atoms with van der Waals surface area (Å²) in [6.45, 7) is 2.58. The third kappa shape index (κ3) is 3.40. The molecule has 2 fully saturated rings. The Bertz CT molecular complexity index is 936. The van der Waals surface area contributed by atoms with Crippen LogP contribution in [0, 0.1) is 0 Å². The molecular formula is C20H26N8. The van der Waals surface area contributed by atoms with Crippen molar-refractivity contribution in [2.75, 3.05) is 24.1 Å². The van der Waals surface area contributed by atoms with Gasteiger partial charge in [-0.2, -0.15) is 0 Å². The monoisotopic (exact) mass is 378 g/mol. The molecule has 1 saturated carbocycles. The number of likely N-dealkylation sites (tertiary alicyclic amines) is 1. The van der Waals surface area contributed by atoms with Crippen LogP contribution in [0.5, 0.6) is 0 Å². The van der Waals surface area contributed by atoms with Crippen LogP contribution in [0.15, 0.2) is 30.7 Å². The molecule has 0 amide bonds. The minimum Gasteiger partial charge on any atom is -0.368 e. The highest BCUT2D eigenvalue weighted by Gasteiger charge is 2.27. The number of hydrogen-bond acceptors (Lipinski definition) is 7. The first-order valence-electron chi connectivity index (χ1n) is 10.2. The van der Waals surface area contributed by atoms with Gasteiger partial charge in [-0.3, -0.25) is 0 Å². The van der Waals surface area contributed by atoms with Crippen LogP contribution in [0.25, 0.3) is 16.9 Å². The van der Waals surface area contributed by atoms with Gasteiger partial charge in [-0.15, -0.1) is 5.10 Å². The Kier molecular flexibility index (Phi) is 4.56. The molecule has 0 unspecified atom stereocenters. The molecule has 3 aromatic heterocycles. The average Bonchev–Trinajstić information content (AvgIpc) is 3.39. The van der Waals surface area contributed by atoms with E-state index < -0.39 is 0 Å². The fourth-order valence-electron chi connectivity index (χ4n) is 4.52. The molecule has 3 aromatic rings. The maximum absolute atomic E-state index is 5.60. The molecule has 1 aliphatic heterocycles. The fourth-order valence-corrected chi connectivity index (χ4v) is 4.52. The van der Waals surface area contributed by atoms with Gasteiger partial charge in [0.1, 0.15) is 5.82 Å². The maximum Gasteiger partial charge on any atom is 0.219 e. The van der Waals surface area contributed by atoms with Crippen LogP contribution in [-0.2, 0) is 0 Å². The number of nitrogens with two attached hydrogens (primary N) is 1. The van der Waals surface area contributed by atoms with Crippen LogP contribution in [0.2, 0.25) is 0 Å². The van der Waals surface area contributed by atoms with E-state index in [0.717, 1.165) is 28.8 Å². The van der Waals surface area contributed by atoms with Crippen molar-refractivity contribution in [3.8, 4) is 11.3 Å². The van der Waals surface area contributed by atoms with Crippen molar-refractivity contribution in [3.05, 3.63) is 30.7 Å². The van der Waals surface area contributed by atoms with E-state index in [2.05, 4.69) is 25.2 Å². The van der Waals surface area contributed by atoms with Crippen molar-refractivity contribution in [1.29, 1.82) is 0 Å². The minimum absolute atomic E-state index is 0.261. The quantitative estimate of drug-likeness (QED) is 0.720. The van der Waals surface area contributed by atoms with Crippen LogP contribution in [-0.4, -0.2) is 54.6 Å². The molecule has 146 valence electrons. The lowest BCUT2D eigenvalue weighted by molar-refractivity contribution is 0.186. The Morgan fingerprint density at radius 1 is 0.929 bits per heavy atom. The molecule has 1 aliphatic carbocycles. The van der Waals surface area contributed by atoms with E-state index in [1.165, 1.54) is 51.6 Å². The Balaban J connectivity index is 1.30. The van der Waals surface area contributed by atoms with E-state index in [-0.39, 0.29) is 5.95 Å². The summed E-state index contributed by atoms with van der Waals surface area (Å²) in [4.78, 5) is 15.3. The standard InChI is InChI=1S/C20H26N8/c21-20-23-11-14(12-24-20)17-13-22-19-8-7-18(26-28(17)19)25-15-3-5-16(6-4-15)27-9-1-2-10-27/h7-8,11-13,15-16H,1-6,9-10H2,(H,25,26)(H2,21,23,24). The SMILES string of the molecule is Nc1ncc(-c2cnc3ccc(NC4CCC(N5CCCC5)CC4)nn23)cn1. The zero-order valence-electron chi connectivity index (χ0n) is 16.0. The highest BCUT2D eigenvalue weighted by Crippen LogP contribution is 2.28. The van der Waals surface area contributed by atoms with Gasteiger partial charge in [-0.05, 0) is 63.7 Å². The first kappa shape index (κ1) is 17.4. The van der Waals surface area contributed by atoms with Gasteiger partial charge >= 0.3 is 0 Å². The van der Waals surface area contributed by atoms with Crippen molar-refractivity contribution in [2.24, 2.45) is 0 Å². The zero-order chi connectivity index (χ0) is 18.9. The molecule has 2 aliphatic rings. The lowest BCUT2D eigenvalue weighted by Gasteiger charge is -2.34. The third-order valence-electron chi connectivity index (χ3n) is 6.04. The molecular weight excluding hydrogens is 352 g/mol. The third-order valence-corrected chi connectivity index (χ3v) is 6.04. The van der Waals surface area contributed by atoms with Crippen molar-refractivity contribution >= 4 is 17.4 Å². The number of nitrogens with one attached hydrogen (secondary N) is 1. The van der Waals surface area contributed by atoms with Gasteiger partial charge in [0.05, 0.1) is 11.9 Å². The second-order valence-electron chi connectivity index (χ2n) is 7.85. The summed E-state index contributed by atoms with van der Waals surface area (Å²) >= 11 is 0. The summed E-state index contributed by atoms with van der Waals surface area (Å²) in [6, 6.07) is 5.27. The molecule has 0 atom stereocenters. The van der Waals surface area contributed by atoms with Crippen LogP contribution in [0.3, 0.4) is 0 Å². The zero-order valence-corrected chi connectivity index (χ0v) is 16.0. The van der Waals surface area contributed by atoms with Crippen LogP contribution in [0.4, 0.5) is 11.8 Å². The van der Waals surface area contributed by atoms with E-state index in [1.807, 2.05) is 16.6 Å². The molecule has 0 spiro atoms. The molecule has 0 bridgehead atoms. The lowest BCUT2D eigenvalue weighted by atomic mass is 9.90. The second-order valence-corrected chi connectivity index (χ2v) is 7.85. The lowest BCUT2D eigenvalue weighted by Crippen LogP contribution is -2.39. The van der Waals surface area contributed by atoms with Crippen LogP contribution in [0.1, 0.15) is 38.5 Å². The summed E-state index contributed by atoms with van der Waals surface area (Å²) in [5.41, 5.74) is 8.10. The number of rotatable bonds is 4. The van der Waals surface area contributed by atoms with Crippen molar-refractivity contribution in [2.45, 2.75) is 50.6 Å². The Morgan fingerprint density at radius 2 is 1.68 bits per heavy atom. The summed E-state index contributed by atoms with van der Waals surface area (Å²) < 4.78 is 1.84. The Hall–Kier alpha value is -2.74. The van der Waals surface area contributed by atoms with Gasteiger partial charge in [-0.25, -0.2) is 19.5 Å². The average molecular weight is 378 g/mol. The molecule has 0 radical (unpaired) electrons. The first-order valence-corrected chi connectivity index (χ1v) is 10.2. The molecule has 0 aromatic carbocycles. The number of nitrogen functional groups attached to an aromatic ring is 1. The molecule has 1 saturated heterocycles. The predicted molar refractivity (Wildman–Crippen MR) is 109 cm³/mol. The van der Waals surface area contributed by atoms with Crippen molar-refractivity contribution < 1.29 is 0 Å². The maximum atomic E-state index is 5.60. The number of aromatic nitrogens is 5. The fraction of sp³-hybridized carbons (Fsp3) is 0.500. The molecule has 8 nitrogen and oxygen atoms in total. The van der Waals surface area contributed by atoms with Gasteiger partial charge in [0.25, 0.3) is 0 Å². The topological polar surface area (TPSA) is 97.3 Å². The number of fused-ring (bicyclic) bond motifs is 1. The van der Waals surface area contributed by atoms with Gasteiger partial charge in [-0.1, -0.05) is 0 Å². The largest absolute Gasteiger partial charge is 0.368 e. The van der Waals surface area contributed by atoms with Crippen LogP contribution >= 0.6 is 0 Å². The summed E-state index contributed by atoms with van der Waals surface area (Å²) in [5.74, 6) is 1.14. The first-order chi connectivity index (χ1) is 13.8. The number of hydrogen-bond donors (Lipinski definition) is 2. The Morgan fingerprint density at radius 3 is 2.43 bits per heavy atom. The smallest absolute Gasteiger partial charge is 0.219 e. The summed E-state index contributed by atoms with van der Waals surface area (Å²) in [6.07, 6.45) is 12.9.